The molecule has 0 radical (unpaired) electrons. The molecular weight excluding hydrogens is 262 g/mol. The van der Waals surface area contributed by atoms with Crippen molar-refractivity contribution in [3.8, 4) is 5.75 Å². The van der Waals surface area contributed by atoms with Crippen LogP contribution in [-0.2, 0) is 4.74 Å². The van der Waals surface area contributed by atoms with Crippen molar-refractivity contribution >= 4 is 0 Å². The Labute approximate surface area is 128 Å². The van der Waals surface area contributed by atoms with Crippen LogP contribution in [-0.4, -0.2) is 25.3 Å². The van der Waals surface area contributed by atoms with Gasteiger partial charge in [-0.15, -0.1) is 0 Å². The molecule has 1 N–H and O–H groups in total. The summed E-state index contributed by atoms with van der Waals surface area (Å²) in [6.07, 6.45) is 5.59. The Morgan fingerprint density at radius 1 is 1.19 bits per heavy atom. The Morgan fingerprint density at radius 3 is 2.62 bits per heavy atom. The molecule has 1 aliphatic heterocycles. The molecule has 2 unspecified atom stereocenters. The number of benzene rings is 1. The van der Waals surface area contributed by atoms with Crippen LogP contribution < -0.4 is 10.1 Å². The summed E-state index contributed by atoms with van der Waals surface area (Å²) in [6.45, 7) is 6.07. The van der Waals surface area contributed by atoms with E-state index in [9.17, 15) is 0 Å². The van der Waals surface area contributed by atoms with Gasteiger partial charge in [-0.1, -0.05) is 12.1 Å². The Bertz CT molecular complexity index is 439. The molecular formula is C18H27NO2. The first-order chi connectivity index (χ1) is 10.2. The van der Waals surface area contributed by atoms with Gasteiger partial charge in [0.1, 0.15) is 5.75 Å². The molecule has 1 aromatic rings. The molecule has 1 saturated heterocycles. The summed E-state index contributed by atoms with van der Waals surface area (Å²) in [5.74, 6) is 1.54. The molecule has 2 aliphatic rings. The van der Waals surface area contributed by atoms with Gasteiger partial charge in [0.2, 0.25) is 0 Å². The molecule has 3 rings (SSSR count). The van der Waals surface area contributed by atoms with E-state index in [1.54, 1.807) is 0 Å². The van der Waals surface area contributed by atoms with Gasteiger partial charge in [-0.25, -0.2) is 0 Å². The van der Waals surface area contributed by atoms with Gasteiger partial charge in [-0.05, 0) is 57.2 Å². The minimum Gasteiger partial charge on any atom is -0.491 e. The van der Waals surface area contributed by atoms with Gasteiger partial charge in [0, 0.05) is 25.1 Å². The number of hydrogen-bond donors (Lipinski definition) is 1. The Morgan fingerprint density at radius 2 is 1.95 bits per heavy atom. The average molecular weight is 289 g/mol. The molecule has 2 fully saturated rings. The fourth-order valence-corrected chi connectivity index (χ4v) is 3.03. The summed E-state index contributed by atoms with van der Waals surface area (Å²) in [4.78, 5) is 0. The minimum absolute atomic E-state index is 0.220. The number of hydrogen-bond acceptors (Lipinski definition) is 3. The van der Waals surface area contributed by atoms with Crippen molar-refractivity contribution in [2.75, 3.05) is 13.2 Å². The molecule has 1 saturated carbocycles. The van der Waals surface area contributed by atoms with Gasteiger partial charge in [0.05, 0.1) is 12.2 Å². The highest BCUT2D eigenvalue weighted by Crippen LogP contribution is 2.34. The van der Waals surface area contributed by atoms with E-state index in [4.69, 9.17) is 9.47 Å². The zero-order valence-electron chi connectivity index (χ0n) is 13.2. The van der Waals surface area contributed by atoms with Crippen molar-refractivity contribution in [2.24, 2.45) is 5.92 Å². The van der Waals surface area contributed by atoms with Crippen LogP contribution in [0.1, 0.15) is 51.2 Å². The van der Waals surface area contributed by atoms with Gasteiger partial charge in [0.25, 0.3) is 0 Å². The Kier molecular flexibility index (Phi) is 4.81. The van der Waals surface area contributed by atoms with E-state index < -0.39 is 0 Å². The van der Waals surface area contributed by atoms with Crippen LogP contribution in [0.5, 0.6) is 5.75 Å². The third-order valence-electron chi connectivity index (χ3n) is 4.27. The Balaban J connectivity index is 1.63. The normalized spacial score (nSPS) is 26.0. The fourth-order valence-electron chi connectivity index (χ4n) is 3.03. The second-order valence-electron chi connectivity index (χ2n) is 6.61. The summed E-state index contributed by atoms with van der Waals surface area (Å²) in [5.41, 5.74) is 1.29. The summed E-state index contributed by atoms with van der Waals surface area (Å²) < 4.78 is 11.8. The maximum atomic E-state index is 6.07. The molecule has 1 aliphatic carbocycles. The lowest BCUT2D eigenvalue weighted by molar-refractivity contribution is -0.0278. The molecule has 0 amide bonds. The monoisotopic (exact) mass is 289 g/mol. The summed E-state index contributed by atoms with van der Waals surface area (Å²) in [7, 11) is 0. The zero-order valence-corrected chi connectivity index (χ0v) is 13.2. The van der Waals surface area contributed by atoms with Gasteiger partial charge in [-0.2, -0.15) is 0 Å². The van der Waals surface area contributed by atoms with Crippen LogP contribution in [0.2, 0.25) is 0 Å². The average Bonchev–Trinajstić information content (AvgIpc) is 3.30. The molecule has 0 aromatic heterocycles. The van der Waals surface area contributed by atoms with E-state index in [2.05, 4.69) is 43.4 Å². The first-order valence-corrected chi connectivity index (χ1v) is 8.34. The van der Waals surface area contributed by atoms with E-state index in [-0.39, 0.29) is 12.2 Å². The van der Waals surface area contributed by atoms with Crippen molar-refractivity contribution in [1.82, 2.24) is 5.32 Å². The molecule has 0 bridgehead atoms. The third kappa shape index (κ3) is 4.21. The summed E-state index contributed by atoms with van der Waals surface area (Å²) in [5, 5.41) is 3.66. The van der Waals surface area contributed by atoms with E-state index >= 15 is 0 Å². The van der Waals surface area contributed by atoms with E-state index in [0.717, 1.165) is 24.9 Å². The molecule has 116 valence electrons. The van der Waals surface area contributed by atoms with Crippen molar-refractivity contribution in [3.63, 3.8) is 0 Å². The molecule has 3 nitrogen and oxygen atoms in total. The van der Waals surface area contributed by atoms with E-state index in [1.807, 2.05) is 0 Å². The predicted octanol–water partition coefficient (Wildman–Crippen LogP) is 3.69. The third-order valence-corrected chi connectivity index (χ3v) is 4.27. The molecule has 3 heteroatoms. The van der Waals surface area contributed by atoms with E-state index in [1.165, 1.54) is 31.2 Å². The topological polar surface area (TPSA) is 30.5 Å². The first-order valence-electron chi connectivity index (χ1n) is 8.34. The van der Waals surface area contributed by atoms with Crippen LogP contribution in [0.25, 0.3) is 0 Å². The van der Waals surface area contributed by atoms with Crippen molar-refractivity contribution < 1.29 is 9.47 Å². The Hall–Kier alpha value is -1.06. The summed E-state index contributed by atoms with van der Waals surface area (Å²) in [6, 6.07) is 9.24. The van der Waals surface area contributed by atoms with Gasteiger partial charge in [0.15, 0.2) is 0 Å². The molecule has 0 spiro atoms. The SMILES string of the molecule is CC(C)Oc1ccc(C2OCCCC2CNC2CC2)cc1. The van der Waals surface area contributed by atoms with Crippen LogP contribution in [0.3, 0.4) is 0 Å². The highest BCUT2D eigenvalue weighted by atomic mass is 16.5. The lowest BCUT2D eigenvalue weighted by Crippen LogP contribution is -2.32. The van der Waals surface area contributed by atoms with Gasteiger partial charge < -0.3 is 14.8 Å². The summed E-state index contributed by atoms with van der Waals surface area (Å²) >= 11 is 0. The molecule has 1 heterocycles. The smallest absolute Gasteiger partial charge is 0.119 e. The highest BCUT2D eigenvalue weighted by molar-refractivity contribution is 5.29. The predicted molar refractivity (Wildman–Crippen MR) is 84.6 cm³/mol. The van der Waals surface area contributed by atoms with E-state index in [0.29, 0.717) is 5.92 Å². The van der Waals surface area contributed by atoms with Crippen LogP contribution in [0.15, 0.2) is 24.3 Å². The lowest BCUT2D eigenvalue weighted by atomic mass is 9.89. The van der Waals surface area contributed by atoms with Gasteiger partial charge in [-0.3, -0.25) is 0 Å². The molecule has 1 aromatic carbocycles. The van der Waals surface area contributed by atoms with Crippen molar-refractivity contribution in [1.29, 1.82) is 0 Å². The van der Waals surface area contributed by atoms with Crippen LogP contribution in [0, 0.1) is 5.92 Å². The van der Waals surface area contributed by atoms with Crippen molar-refractivity contribution in [3.05, 3.63) is 29.8 Å². The second kappa shape index (κ2) is 6.80. The van der Waals surface area contributed by atoms with Crippen molar-refractivity contribution in [2.45, 2.75) is 57.8 Å². The van der Waals surface area contributed by atoms with Crippen LogP contribution in [0.4, 0.5) is 0 Å². The number of ether oxygens (including phenoxy) is 2. The molecule has 2 atom stereocenters. The highest BCUT2D eigenvalue weighted by Gasteiger charge is 2.29. The molecule has 21 heavy (non-hydrogen) atoms. The standard InChI is InChI=1S/C18H27NO2/c1-13(2)21-17-9-5-14(6-10-17)18-15(4-3-11-20-18)12-19-16-7-8-16/h5-6,9-10,13,15-16,18-19H,3-4,7-8,11-12H2,1-2H3. The number of nitrogens with one attached hydrogen (secondary N) is 1. The maximum absolute atomic E-state index is 6.07. The van der Waals surface area contributed by atoms with Crippen LogP contribution >= 0.6 is 0 Å². The zero-order chi connectivity index (χ0) is 14.7. The second-order valence-corrected chi connectivity index (χ2v) is 6.61. The number of rotatable bonds is 6. The minimum atomic E-state index is 0.220. The quantitative estimate of drug-likeness (QED) is 0.866. The maximum Gasteiger partial charge on any atom is 0.119 e. The largest absolute Gasteiger partial charge is 0.491 e. The first kappa shape index (κ1) is 14.9. The lowest BCUT2D eigenvalue weighted by Gasteiger charge is -2.32. The fraction of sp³-hybridized carbons (Fsp3) is 0.667. The van der Waals surface area contributed by atoms with Gasteiger partial charge >= 0.3 is 0 Å².